The summed E-state index contributed by atoms with van der Waals surface area (Å²) < 4.78 is 5.42. The van der Waals surface area contributed by atoms with Gasteiger partial charge in [-0.05, 0) is 37.3 Å². The van der Waals surface area contributed by atoms with Crippen molar-refractivity contribution < 1.29 is 14.0 Å². The van der Waals surface area contributed by atoms with Crippen molar-refractivity contribution in [1.82, 2.24) is 10.2 Å². The van der Waals surface area contributed by atoms with Gasteiger partial charge in [0.15, 0.2) is 0 Å². The van der Waals surface area contributed by atoms with E-state index in [1.165, 1.54) is 4.90 Å². The van der Waals surface area contributed by atoms with Crippen molar-refractivity contribution in [2.75, 3.05) is 13.6 Å². The van der Waals surface area contributed by atoms with Gasteiger partial charge in [0, 0.05) is 17.6 Å². The van der Waals surface area contributed by atoms with Crippen LogP contribution in [0.15, 0.2) is 40.8 Å². The van der Waals surface area contributed by atoms with Crippen molar-refractivity contribution in [3.8, 4) is 0 Å². The molecule has 0 radical (unpaired) electrons. The Morgan fingerprint density at radius 1 is 1.27 bits per heavy atom. The van der Waals surface area contributed by atoms with Gasteiger partial charge in [0.25, 0.3) is 5.91 Å². The summed E-state index contributed by atoms with van der Waals surface area (Å²) in [6, 6.07) is 10.2. The quantitative estimate of drug-likeness (QED) is 0.921. The zero-order chi connectivity index (χ0) is 16.1. The molecule has 0 saturated carbocycles. The first kappa shape index (κ1) is 16.1. The number of carbonyl (C=O) groups excluding carboxylic acids is 2. The van der Waals surface area contributed by atoms with Gasteiger partial charge in [0.05, 0.1) is 13.1 Å². The molecule has 1 aromatic heterocycles. The topological polar surface area (TPSA) is 62.6 Å². The lowest BCUT2D eigenvalue weighted by Gasteiger charge is -2.16. The first-order valence-electron chi connectivity index (χ1n) is 6.79. The second-order valence-electron chi connectivity index (χ2n) is 4.96. The van der Waals surface area contributed by atoms with Crippen LogP contribution in [0.25, 0.3) is 0 Å². The first-order valence-corrected chi connectivity index (χ1v) is 7.16. The van der Waals surface area contributed by atoms with Crippen molar-refractivity contribution in [3.05, 3.63) is 58.5 Å². The monoisotopic (exact) mass is 320 g/mol. The minimum atomic E-state index is -0.335. The normalized spacial score (nSPS) is 10.3. The second-order valence-corrected chi connectivity index (χ2v) is 5.39. The van der Waals surface area contributed by atoms with Gasteiger partial charge in [-0.15, -0.1) is 0 Å². The Balaban J connectivity index is 1.85. The second kappa shape index (κ2) is 7.13. The first-order chi connectivity index (χ1) is 10.5. The maximum atomic E-state index is 12.0. The van der Waals surface area contributed by atoms with E-state index >= 15 is 0 Å². The molecule has 0 bridgehead atoms. The summed E-state index contributed by atoms with van der Waals surface area (Å²) in [7, 11) is 1.66. The number of amides is 2. The van der Waals surface area contributed by atoms with Crippen LogP contribution in [0.3, 0.4) is 0 Å². The molecule has 0 aliphatic heterocycles. The molecule has 0 atom stereocenters. The fraction of sp³-hybridized carbons (Fsp3) is 0.250. The summed E-state index contributed by atoms with van der Waals surface area (Å²) in [5, 5.41) is 3.05. The molecule has 0 fully saturated rings. The maximum Gasteiger partial charge on any atom is 0.251 e. The molecule has 0 saturated heterocycles. The van der Waals surface area contributed by atoms with Gasteiger partial charge >= 0.3 is 0 Å². The van der Waals surface area contributed by atoms with Gasteiger partial charge < -0.3 is 14.6 Å². The molecule has 2 rings (SSSR count). The fourth-order valence-corrected chi connectivity index (χ4v) is 2.10. The number of nitrogens with one attached hydrogen (secondary N) is 1. The van der Waals surface area contributed by atoms with E-state index in [0.29, 0.717) is 22.9 Å². The van der Waals surface area contributed by atoms with Crippen LogP contribution in [-0.2, 0) is 11.3 Å². The average molecular weight is 321 g/mol. The lowest BCUT2D eigenvalue weighted by atomic mass is 10.2. The van der Waals surface area contributed by atoms with E-state index in [4.69, 9.17) is 16.0 Å². The highest BCUT2D eigenvalue weighted by Gasteiger charge is 2.13. The predicted octanol–water partition coefficient (Wildman–Crippen LogP) is 2.63. The third-order valence-corrected chi connectivity index (χ3v) is 3.34. The van der Waals surface area contributed by atoms with Crippen molar-refractivity contribution in [1.29, 1.82) is 0 Å². The minimum Gasteiger partial charge on any atom is -0.464 e. The Morgan fingerprint density at radius 2 is 2.05 bits per heavy atom. The number of furan rings is 1. The molecule has 1 heterocycles. The predicted molar refractivity (Wildman–Crippen MR) is 83.7 cm³/mol. The van der Waals surface area contributed by atoms with Crippen LogP contribution in [0.5, 0.6) is 0 Å². The summed E-state index contributed by atoms with van der Waals surface area (Å²) in [5.74, 6) is 0.960. The number of hydrogen-bond donors (Lipinski definition) is 1. The highest BCUT2D eigenvalue weighted by molar-refractivity contribution is 6.30. The van der Waals surface area contributed by atoms with Crippen LogP contribution in [0, 0.1) is 6.92 Å². The van der Waals surface area contributed by atoms with E-state index in [1.54, 1.807) is 31.3 Å². The van der Waals surface area contributed by atoms with Crippen molar-refractivity contribution in [2.45, 2.75) is 13.5 Å². The molecule has 116 valence electrons. The zero-order valence-corrected chi connectivity index (χ0v) is 13.2. The SMILES string of the molecule is Cc1ccc(CN(C)C(=O)CNC(=O)c2cccc(Cl)c2)o1. The largest absolute Gasteiger partial charge is 0.464 e. The third kappa shape index (κ3) is 4.36. The van der Waals surface area contributed by atoms with Gasteiger partial charge in [0.1, 0.15) is 11.5 Å². The Morgan fingerprint density at radius 3 is 2.68 bits per heavy atom. The van der Waals surface area contributed by atoms with Crippen LogP contribution in [0.4, 0.5) is 0 Å². The average Bonchev–Trinajstić information content (AvgIpc) is 2.89. The Labute approximate surface area is 133 Å². The van der Waals surface area contributed by atoms with Gasteiger partial charge in [-0.25, -0.2) is 0 Å². The molecule has 1 aromatic carbocycles. The molecule has 0 unspecified atom stereocenters. The van der Waals surface area contributed by atoms with E-state index in [1.807, 2.05) is 19.1 Å². The van der Waals surface area contributed by atoms with Crippen molar-refractivity contribution >= 4 is 23.4 Å². The lowest BCUT2D eigenvalue weighted by molar-refractivity contribution is -0.129. The molecule has 0 aliphatic rings. The van der Waals surface area contributed by atoms with E-state index < -0.39 is 0 Å². The van der Waals surface area contributed by atoms with E-state index in [0.717, 1.165) is 5.76 Å². The van der Waals surface area contributed by atoms with Crippen LogP contribution < -0.4 is 5.32 Å². The number of likely N-dealkylation sites (N-methyl/N-ethyl adjacent to an activating group) is 1. The standard InChI is InChI=1S/C16H17ClN2O3/c1-11-6-7-14(22-11)10-19(2)15(20)9-18-16(21)12-4-3-5-13(17)8-12/h3-8H,9-10H2,1-2H3,(H,18,21). The molecular weight excluding hydrogens is 304 g/mol. The lowest BCUT2D eigenvalue weighted by Crippen LogP contribution is -2.37. The molecule has 0 aliphatic carbocycles. The van der Waals surface area contributed by atoms with Gasteiger partial charge in [-0.3, -0.25) is 9.59 Å². The van der Waals surface area contributed by atoms with E-state index in [9.17, 15) is 9.59 Å². The van der Waals surface area contributed by atoms with Crippen molar-refractivity contribution in [2.24, 2.45) is 0 Å². The van der Waals surface area contributed by atoms with Gasteiger partial charge in [-0.2, -0.15) is 0 Å². The Kier molecular flexibility index (Phi) is 5.22. The summed E-state index contributed by atoms with van der Waals surface area (Å²) in [6.07, 6.45) is 0. The third-order valence-electron chi connectivity index (χ3n) is 3.10. The summed E-state index contributed by atoms with van der Waals surface area (Å²) in [4.78, 5) is 25.4. The number of halogens is 1. The Hall–Kier alpha value is -2.27. The highest BCUT2D eigenvalue weighted by atomic mass is 35.5. The molecular formula is C16H17ClN2O3. The number of carbonyl (C=O) groups is 2. The smallest absolute Gasteiger partial charge is 0.251 e. The van der Waals surface area contributed by atoms with E-state index in [-0.39, 0.29) is 18.4 Å². The fourth-order valence-electron chi connectivity index (χ4n) is 1.91. The molecule has 22 heavy (non-hydrogen) atoms. The minimum absolute atomic E-state index is 0.0818. The van der Waals surface area contributed by atoms with E-state index in [2.05, 4.69) is 5.32 Å². The number of nitrogens with zero attached hydrogens (tertiary/aromatic N) is 1. The Bertz CT molecular complexity index is 682. The number of hydrogen-bond acceptors (Lipinski definition) is 3. The zero-order valence-electron chi connectivity index (χ0n) is 12.4. The van der Waals surface area contributed by atoms with Gasteiger partial charge in [-0.1, -0.05) is 17.7 Å². The molecule has 1 N–H and O–H groups in total. The van der Waals surface area contributed by atoms with Crippen molar-refractivity contribution in [3.63, 3.8) is 0 Å². The molecule has 2 amide bonds. The number of benzene rings is 1. The molecule has 0 spiro atoms. The summed E-state index contributed by atoms with van der Waals surface area (Å²) in [6.45, 7) is 2.12. The number of aryl methyl sites for hydroxylation is 1. The van der Waals surface area contributed by atoms with Crippen LogP contribution in [0.1, 0.15) is 21.9 Å². The van der Waals surface area contributed by atoms with Crippen LogP contribution >= 0.6 is 11.6 Å². The maximum absolute atomic E-state index is 12.0. The molecule has 6 heteroatoms. The van der Waals surface area contributed by atoms with Gasteiger partial charge in [0.2, 0.25) is 5.91 Å². The molecule has 5 nitrogen and oxygen atoms in total. The summed E-state index contributed by atoms with van der Waals surface area (Å²) in [5.41, 5.74) is 0.421. The highest BCUT2D eigenvalue weighted by Crippen LogP contribution is 2.11. The summed E-state index contributed by atoms with van der Waals surface area (Å²) >= 11 is 5.83. The number of rotatable bonds is 5. The van der Waals surface area contributed by atoms with Crippen LogP contribution in [0.2, 0.25) is 5.02 Å². The molecule has 2 aromatic rings. The van der Waals surface area contributed by atoms with Crippen LogP contribution in [-0.4, -0.2) is 30.3 Å².